The smallest absolute Gasteiger partial charge is 0.131 e. The molecule has 0 amide bonds. The minimum atomic E-state index is 0.836. The van der Waals surface area contributed by atoms with Gasteiger partial charge in [0.1, 0.15) is 31.1 Å². The summed E-state index contributed by atoms with van der Waals surface area (Å²) in [7, 11) is 3.37. The molecule has 1 aliphatic rings. The van der Waals surface area contributed by atoms with Crippen LogP contribution in [0.25, 0.3) is 0 Å². The Kier molecular flexibility index (Phi) is 4.23. The average molecular weight is 238 g/mol. The van der Waals surface area contributed by atoms with E-state index in [4.69, 9.17) is 14.2 Å². The first-order valence-corrected chi connectivity index (χ1v) is 5.95. The van der Waals surface area contributed by atoms with E-state index in [-0.39, 0.29) is 0 Å². The van der Waals surface area contributed by atoms with Crippen LogP contribution in [-0.4, -0.2) is 40.5 Å². The van der Waals surface area contributed by atoms with Crippen LogP contribution in [0.4, 0.5) is 0 Å². The fourth-order valence-corrected chi connectivity index (χ4v) is 2.10. The van der Waals surface area contributed by atoms with Crippen molar-refractivity contribution in [3.05, 3.63) is 23.8 Å². The molecule has 4 nitrogen and oxygen atoms in total. The zero-order valence-corrected chi connectivity index (χ0v) is 10.5. The Morgan fingerprint density at radius 3 is 2.59 bits per heavy atom. The van der Waals surface area contributed by atoms with Gasteiger partial charge < -0.3 is 19.1 Å². The monoisotopic (exact) mass is 238 g/mol. The summed E-state index contributed by atoms with van der Waals surface area (Å²) in [6.07, 6.45) is 0. The third-order valence-electron chi connectivity index (χ3n) is 3.13. The molecule has 0 aliphatic carbocycles. The topological polar surface area (TPSA) is 32.1 Å². The van der Waals surface area contributed by atoms with Crippen LogP contribution in [0.5, 0.6) is 11.5 Å². The molecule has 1 aromatic rings. The molecule has 1 saturated heterocycles. The van der Waals surface area contributed by atoms with Crippen LogP contribution in [0.15, 0.2) is 18.2 Å². The van der Waals surface area contributed by atoms with E-state index in [9.17, 15) is 0 Å². The summed E-state index contributed by atoms with van der Waals surface area (Å²) in [6.45, 7) is 4.82. The third kappa shape index (κ3) is 3.11. The number of methoxy groups -OCH3 is 2. The van der Waals surface area contributed by atoms with Gasteiger partial charge in [0.2, 0.25) is 0 Å². The van der Waals surface area contributed by atoms with Crippen LogP contribution < -0.4 is 14.4 Å². The Hall–Kier alpha value is -1.26. The van der Waals surface area contributed by atoms with Crippen LogP contribution >= 0.6 is 0 Å². The largest absolute Gasteiger partial charge is 0.497 e. The van der Waals surface area contributed by atoms with Gasteiger partial charge >= 0.3 is 0 Å². The normalized spacial score (nSPS) is 16.8. The van der Waals surface area contributed by atoms with Crippen molar-refractivity contribution in [1.29, 1.82) is 0 Å². The molecule has 0 unspecified atom stereocenters. The first kappa shape index (κ1) is 12.2. The van der Waals surface area contributed by atoms with Crippen molar-refractivity contribution in [3.63, 3.8) is 0 Å². The maximum atomic E-state index is 5.40. The second-order valence-corrected chi connectivity index (χ2v) is 4.22. The van der Waals surface area contributed by atoms with E-state index in [2.05, 4.69) is 6.07 Å². The first-order chi connectivity index (χ1) is 8.33. The molecular weight excluding hydrogens is 218 g/mol. The molecule has 0 spiro atoms. The lowest BCUT2D eigenvalue weighted by Crippen LogP contribution is -3.12. The van der Waals surface area contributed by atoms with Gasteiger partial charge in [-0.05, 0) is 12.1 Å². The van der Waals surface area contributed by atoms with Gasteiger partial charge in [0.05, 0.1) is 27.4 Å². The minimum absolute atomic E-state index is 0.836. The van der Waals surface area contributed by atoms with E-state index in [1.165, 1.54) is 5.56 Å². The Morgan fingerprint density at radius 2 is 1.94 bits per heavy atom. The standard InChI is InChI=1S/C13H19NO3/c1-15-12-4-3-11(13(9-12)16-2)10-14-5-7-17-8-6-14/h3-4,9H,5-8,10H2,1-2H3/p+1. The number of nitrogens with one attached hydrogen (secondary N) is 1. The number of rotatable bonds is 4. The van der Waals surface area contributed by atoms with Gasteiger partial charge in [-0.1, -0.05) is 0 Å². The summed E-state index contributed by atoms with van der Waals surface area (Å²) in [5.74, 6) is 1.74. The maximum absolute atomic E-state index is 5.40. The molecule has 94 valence electrons. The van der Waals surface area contributed by atoms with E-state index in [1.54, 1.807) is 19.1 Å². The van der Waals surface area contributed by atoms with Gasteiger partial charge in [-0.2, -0.15) is 0 Å². The van der Waals surface area contributed by atoms with Crippen molar-refractivity contribution in [1.82, 2.24) is 0 Å². The summed E-state index contributed by atoms with van der Waals surface area (Å²) >= 11 is 0. The van der Waals surface area contributed by atoms with Crippen LogP contribution in [-0.2, 0) is 11.3 Å². The lowest BCUT2D eigenvalue weighted by molar-refractivity contribution is -0.921. The highest BCUT2D eigenvalue weighted by atomic mass is 16.5. The summed E-state index contributed by atoms with van der Waals surface area (Å²) < 4.78 is 16.0. The van der Waals surface area contributed by atoms with Gasteiger partial charge in [0.15, 0.2) is 0 Å². The summed E-state index contributed by atoms with van der Waals surface area (Å²) in [5, 5.41) is 0. The molecule has 0 atom stereocenters. The molecule has 2 rings (SSSR count). The average Bonchev–Trinajstić information content (AvgIpc) is 2.40. The lowest BCUT2D eigenvalue weighted by Gasteiger charge is -2.24. The van der Waals surface area contributed by atoms with Crippen molar-refractivity contribution >= 4 is 0 Å². The van der Waals surface area contributed by atoms with Crippen LogP contribution in [0.2, 0.25) is 0 Å². The summed E-state index contributed by atoms with van der Waals surface area (Å²) in [4.78, 5) is 1.54. The van der Waals surface area contributed by atoms with Gasteiger partial charge in [-0.3, -0.25) is 0 Å². The third-order valence-corrected chi connectivity index (χ3v) is 3.13. The van der Waals surface area contributed by atoms with Gasteiger partial charge in [0.25, 0.3) is 0 Å². The second kappa shape index (κ2) is 5.89. The highest BCUT2D eigenvalue weighted by molar-refractivity contribution is 5.40. The highest BCUT2D eigenvalue weighted by Gasteiger charge is 2.16. The number of quaternary nitrogens is 1. The molecule has 1 N–H and O–H groups in total. The number of hydrogen-bond acceptors (Lipinski definition) is 3. The Balaban J connectivity index is 2.08. The number of morpholine rings is 1. The van der Waals surface area contributed by atoms with Gasteiger partial charge in [0, 0.05) is 11.6 Å². The number of ether oxygens (including phenoxy) is 3. The second-order valence-electron chi connectivity index (χ2n) is 4.22. The minimum Gasteiger partial charge on any atom is -0.497 e. The predicted octanol–water partition coefficient (Wildman–Crippen LogP) is 0.119. The van der Waals surface area contributed by atoms with Crippen molar-refractivity contribution in [2.24, 2.45) is 0 Å². The maximum Gasteiger partial charge on any atom is 0.131 e. The van der Waals surface area contributed by atoms with E-state index in [1.807, 2.05) is 12.1 Å². The Bertz CT molecular complexity index is 362. The number of benzene rings is 1. The molecule has 0 aromatic heterocycles. The van der Waals surface area contributed by atoms with Crippen molar-refractivity contribution in [2.75, 3.05) is 40.5 Å². The zero-order chi connectivity index (χ0) is 12.1. The molecule has 1 aromatic carbocycles. The fraction of sp³-hybridized carbons (Fsp3) is 0.538. The predicted molar refractivity (Wildman–Crippen MR) is 64.8 cm³/mol. The molecule has 1 aliphatic heterocycles. The number of hydrogen-bond donors (Lipinski definition) is 1. The highest BCUT2D eigenvalue weighted by Crippen LogP contribution is 2.23. The molecule has 0 bridgehead atoms. The molecule has 1 fully saturated rings. The fourth-order valence-electron chi connectivity index (χ4n) is 2.10. The first-order valence-electron chi connectivity index (χ1n) is 5.95. The van der Waals surface area contributed by atoms with Crippen LogP contribution in [0, 0.1) is 0 Å². The molecule has 0 saturated carbocycles. The van der Waals surface area contributed by atoms with E-state index < -0.39 is 0 Å². The lowest BCUT2D eigenvalue weighted by atomic mass is 10.1. The molecule has 4 heteroatoms. The van der Waals surface area contributed by atoms with Crippen molar-refractivity contribution < 1.29 is 19.1 Å². The quantitative estimate of drug-likeness (QED) is 0.808. The van der Waals surface area contributed by atoms with Gasteiger partial charge in [-0.15, -0.1) is 0 Å². The molecule has 17 heavy (non-hydrogen) atoms. The Labute approximate surface area is 102 Å². The van der Waals surface area contributed by atoms with Crippen LogP contribution in [0.1, 0.15) is 5.56 Å². The molecule has 1 heterocycles. The van der Waals surface area contributed by atoms with E-state index in [0.29, 0.717) is 0 Å². The zero-order valence-electron chi connectivity index (χ0n) is 10.5. The van der Waals surface area contributed by atoms with Crippen molar-refractivity contribution in [3.8, 4) is 11.5 Å². The van der Waals surface area contributed by atoms with Crippen LogP contribution in [0.3, 0.4) is 0 Å². The summed E-state index contributed by atoms with van der Waals surface area (Å²) in [5.41, 5.74) is 1.23. The molecular formula is C13H20NO3+. The van der Waals surface area contributed by atoms with Crippen molar-refractivity contribution in [2.45, 2.75) is 6.54 Å². The van der Waals surface area contributed by atoms with E-state index >= 15 is 0 Å². The SMILES string of the molecule is COc1ccc(C[NH+]2CCOCC2)c(OC)c1. The summed E-state index contributed by atoms with van der Waals surface area (Å²) in [6, 6.07) is 6.01. The van der Waals surface area contributed by atoms with E-state index in [0.717, 1.165) is 44.3 Å². The Morgan fingerprint density at radius 1 is 1.18 bits per heavy atom. The van der Waals surface area contributed by atoms with Gasteiger partial charge in [-0.25, -0.2) is 0 Å². The molecule has 0 radical (unpaired) electrons.